The Labute approximate surface area is 141 Å². The van der Waals surface area contributed by atoms with Gasteiger partial charge in [-0.2, -0.15) is 13.2 Å². The molecule has 25 heavy (non-hydrogen) atoms. The number of fused-ring (bicyclic) bond motifs is 1. The van der Waals surface area contributed by atoms with Crippen molar-refractivity contribution in [2.24, 2.45) is 0 Å². The summed E-state index contributed by atoms with van der Waals surface area (Å²) in [5.41, 5.74) is 1.46. The minimum atomic E-state index is -4.41. The highest BCUT2D eigenvalue weighted by molar-refractivity contribution is 6.21. The molecule has 3 amide bonds. The van der Waals surface area contributed by atoms with Gasteiger partial charge in [0.1, 0.15) is 6.61 Å². The van der Waals surface area contributed by atoms with E-state index in [2.05, 4.69) is 10.1 Å². The van der Waals surface area contributed by atoms with Crippen molar-refractivity contribution in [3.63, 3.8) is 0 Å². The first-order chi connectivity index (χ1) is 11.7. The second kappa shape index (κ2) is 7.64. The summed E-state index contributed by atoms with van der Waals surface area (Å²) in [6, 6.07) is 4.91. The highest BCUT2D eigenvalue weighted by atomic mass is 19.4. The summed E-state index contributed by atoms with van der Waals surface area (Å²) in [6.07, 6.45) is -4.54. The number of carbonyl (C=O) groups excluding carboxylic acids is 3. The van der Waals surface area contributed by atoms with Gasteiger partial charge < -0.3 is 10.1 Å². The van der Waals surface area contributed by atoms with Gasteiger partial charge in [-0.25, -0.2) is 0 Å². The number of benzene rings is 1. The van der Waals surface area contributed by atoms with Crippen LogP contribution >= 0.6 is 0 Å². The maximum atomic E-state index is 12.2. The fourth-order valence-electron chi connectivity index (χ4n) is 2.36. The average molecular weight is 358 g/mol. The lowest BCUT2D eigenvalue weighted by atomic mass is 10.1. The molecule has 0 aromatic heterocycles. The first kappa shape index (κ1) is 18.9. The Balaban J connectivity index is 1.76. The summed E-state index contributed by atoms with van der Waals surface area (Å²) in [5.74, 6) is -1.39. The zero-order valence-corrected chi connectivity index (χ0v) is 13.5. The van der Waals surface area contributed by atoms with Crippen LogP contribution in [0, 0.1) is 6.92 Å². The average Bonchev–Trinajstić information content (AvgIpc) is 2.75. The van der Waals surface area contributed by atoms with Crippen LogP contribution in [0.15, 0.2) is 18.2 Å². The van der Waals surface area contributed by atoms with E-state index in [1.165, 1.54) is 0 Å². The van der Waals surface area contributed by atoms with Gasteiger partial charge in [0.15, 0.2) is 0 Å². The quantitative estimate of drug-likeness (QED) is 0.594. The van der Waals surface area contributed by atoms with Crippen molar-refractivity contribution >= 4 is 17.7 Å². The molecule has 9 heteroatoms. The number of aryl methyl sites for hydroxylation is 1. The second-order valence-corrected chi connectivity index (χ2v) is 5.58. The molecule has 0 aliphatic carbocycles. The van der Waals surface area contributed by atoms with Gasteiger partial charge >= 0.3 is 6.18 Å². The van der Waals surface area contributed by atoms with Crippen LogP contribution in [-0.2, 0) is 9.53 Å². The number of imide groups is 1. The van der Waals surface area contributed by atoms with Gasteiger partial charge in [-0.1, -0.05) is 11.6 Å². The largest absolute Gasteiger partial charge is 0.411 e. The predicted octanol–water partition coefficient (Wildman–Crippen LogP) is 1.68. The van der Waals surface area contributed by atoms with Gasteiger partial charge in [-0.05, 0) is 19.1 Å². The maximum Gasteiger partial charge on any atom is 0.411 e. The summed E-state index contributed by atoms with van der Waals surface area (Å²) in [5, 5.41) is 2.37. The first-order valence-electron chi connectivity index (χ1n) is 7.57. The van der Waals surface area contributed by atoms with Crippen LogP contribution in [0.1, 0.15) is 32.7 Å². The number of rotatable bonds is 7. The molecule has 1 N–H and O–H groups in total. The van der Waals surface area contributed by atoms with Crippen LogP contribution < -0.4 is 5.32 Å². The van der Waals surface area contributed by atoms with E-state index in [-0.39, 0.29) is 26.1 Å². The fourth-order valence-corrected chi connectivity index (χ4v) is 2.36. The molecule has 0 radical (unpaired) electrons. The zero-order valence-electron chi connectivity index (χ0n) is 13.5. The molecule has 1 aliphatic heterocycles. The van der Waals surface area contributed by atoms with E-state index in [9.17, 15) is 27.6 Å². The number of nitrogens with zero attached hydrogens (tertiary/aromatic N) is 1. The predicted molar refractivity (Wildman–Crippen MR) is 81.0 cm³/mol. The molecule has 0 bridgehead atoms. The summed E-state index contributed by atoms with van der Waals surface area (Å²) < 4.78 is 39.9. The molecular formula is C16H17F3N2O4. The zero-order chi connectivity index (χ0) is 18.6. The molecule has 1 aliphatic rings. The van der Waals surface area contributed by atoms with Crippen molar-refractivity contribution < 1.29 is 32.3 Å². The molecule has 1 heterocycles. The molecule has 0 saturated heterocycles. The number of halogens is 3. The third-order valence-electron chi connectivity index (χ3n) is 3.52. The van der Waals surface area contributed by atoms with E-state index < -0.39 is 30.5 Å². The molecule has 1 aromatic carbocycles. The standard InChI is InChI=1S/C16H17F3N2O4/c1-10-2-3-11-12(8-10)15(24)21(14(11)23)6-4-13(22)20-5-7-25-9-16(17,18)19/h2-3,8H,4-7,9H2,1H3,(H,20,22). The molecule has 0 spiro atoms. The number of alkyl halides is 3. The topological polar surface area (TPSA) is 75.7 Å². The lowest BCUT2D eigenvalue weighted by Crippen LogP contribution is -2.35. The molecule has 0 unspecified atom stereocenters. The van der Waals surface area contributed by atoms with Crippen LogP contribution in [0.4, 0.5) is 13.2 Å². The Kier molecular flexibility index (Phi) is 5.78. The monoisotopic (exact) mass is 358 g/mol. The lowest BCUT2D eigenvalue weighted by Gasteiger charge is -2.13. The first-order valence-corrected chi connectivity index (χ1v) is 7.57. The van der Waals surface area contributed by atoms with Crippen molar-refractivity contribution in [2.45, 2.75) is 19.5 Å². The fraction of sp³-hybridized carbons (Fsp3) is 0.438. The van der Waals surface area contributed by atoms with E-state index in [1.807, 2.05) is 0 Å². The molecule has 0 fully saturated rings. The Hall–Kier alpha value is -2.42. The van der Waals surface area contributed by atoms with Crippen molar-refractivity contribution in [1.29, 1.82) is 0 Å². The van der Waals surface area contributed by atoms with Crippen molar-refractivity contribution in [1.82, 2.24) is 10.2 Å². The van der Waals surface area contributed by atoms with Gasteiger partial charge in [-0.15, -0.1) is 0 Å². The van der Waals surface area contributed by atoms with E-state index in [4.69, 9.17) is 0 Å². The minimum absolute atomic E-state index is 0.0871. The van der Waals surface area contributed by atoms with Crippen molar-refractivity contribution in [3.8, 4) is 0 Å². The van der Waals surface area contributed by atoms with Crippen LogP contribution in [0.2, 0.25) is 0 Å². The van der Waals surface area contributed by atoms with Gasteiger partial charge in [-0.3, -0.25) is 19.3 Å². The van der Waals surface area contributed by atoms with E-state index in [1.54, 1.807) is 25.1 Å². The number of carbonyl (C=O) groups is 3. The van der Waals surface area contributed by atoms with Gasteiger partial charge in [0.2, 0.25) is 5.91 Å². The Morgan fingerprint density at radius 1 is 1.20 bits per heavy atom. The van der Waals surface area contributed by atoms with Crippen LogP contribution in [0.25, 0.3) is 0 Å². The molecular weight excluding hydrogens is 341 g/mol. The number of hydrogen-bond acceptors (Lipinski definition) is 4. The van der Waals surface area contributed by atoms with E-state index >= 15 is 0 Å². The van der Waals surface area contributed by atoms with Crippen LogP contribution in [-0.4, -0.2) is 55.1 Å². The minimum Gasteiger partial charge on any atom is -0.370 e. The number of amides is 3. The van der Waals surface area contributed by atoms with Gasteiger partial charge in [0.25, 0.3) is 11.8 Å². The molecule has 0 saturated carbocycles. The Morgan fingerprint density at radius 2 is 1.88 bits per heavy atom. The van der Waals surface area contributed by atoms with E-state index in [0.717, 1.165) is 10.5 Å². The maximum absolute atomic E-state index is 12.2. The van der Waals surface area contributed by atoms with Crippen molar-refractivity contribution in [3.05, 3.63) is 34.9 Å². The summed E-state index contributed by atoms with van der Waals surface area (Å²) in [7, 11) is 0. The molecule has 0 atom stereocenters. The number of ether oxygens (including phenoxy) is 1. The van der Waals surface area contributed by atoms with Crippen LogP contribution in [0.3, 0.4) is 0 Å². The Bertz CT molecular complexity index is 688. The smallest absolute Gasteiger partial charge is 0.370 e. The van der Waals surface area contributed by atoms with Gasteiger partial charge in [0, 0.05) is 19.5 Å². The SMILES string of the molecule is Cc1ccc2c(c1)C(=O)N(CCC(=O)NCCOCC(F)(F)F)C2=O. The second-order valence-electron chi connectivity index (χ2n) is 5.58. The third-order valence-corrected chi connectivity index (χ3v) is 3.52. The van der Waals surface area contributed by atoms with Crippen molar-refractivity contribution in [2.75, 3.05) is 26.3 Å². The normalized spacial score (nSPS) is 14.0. The molecule has 6 nitrogen and oxygen atoms in total. The third kappa shape index (κ3) is 5.02. The Morgan fingerprint density at radius 3 is 2.56 bits per heavy atom. The summed E-state index contributed by atoms with van der Waals surface area (Å²) >= 11 is 0. The molecule has 2 rings (SSSR count). The number of nitrogens with one attached hydrogen (secondary N) is 1. The molecule has 136 valence electrons. The number of hydrogen-bond donors (Lipinski definition) is 1. The van der Waals surface area contributed by atoms with E-state index in [0.29, 0.717) is 11.1 Å². The summed E-state index contributed by atoms with van der Waals surface area (Å²) in [6.45, 7) is -0.0409. The highest BCUT2D eigenvalue weighted by Crippen LogP contribution is 2.23. The van der Waals surface area contributed by atoms with Crippen LogP contribution in [0.5, 0.6) is 0 Å². The highest BCUT2D eigenvalue weighted by Gasteiger charge is 2.35. The summed E-state index contributed by atoms with van der Waals surface area (Å²) in [4.78, 5) is 37.0. The lowest BCUT2D eigenvalue weighted by molar-refractivity contribution is -0.173. The van der Waals surface area contributed by atoms with Gasteiger partial charge in [0.05, 0.1) is 17.7 Å². The molecule has 1 aromatic rings.